The molecule has 0 amide bonds. The Kier molecular flexibility index (Phi) is 6.01. The second-order valence-corrected chi connectivity index (χ2v) is 11.5. The summed E-state index contributed by atoms with van der Waals surface area (Å²) in [7, 11) is 0. The highest BCUT2D eigenvalue weighted by Crippen LogP contribution is 2.42. The zero-order chi connectivity index (χ0) is 28.2. The number of benzene rings is 4. The summed E-state index contributed by atoms with van der Waals surface area (Å²) in [6, 6.07) is 34.1. The van der Waals surface area contributed by atoms with E-state index in [9.17, 15) is 0 Å². The molecule has 4 aromatic carbocycles. The highest BCUT2D eigenvalue weighted by molar-refractivity contribution is 6.09. The molecule has 0 atom stereocenters. The number of hydrogen-bond acceptors (Lipinski definition) is 3. The molecule has 0 unspecified atom stereocenters. The number of hydrogen-bond donors (Lipinski definition) is 0. The number of aromatic nitrogens is 3. The van der Waals surface area contributed by atoms with Crippen molar-refractivity contribution in [1.29, 1.82) is 0 Å². The molecule has 0 N–H and O–H groups in total. The van der Waals surface area contributed by atoms with Gasteiger partial charge in [0, 0.05) is 16.5 Å². The van der Waals surface area contributed by atoms with Crippen molar-refractivity contribution in [2.45, 2.75) is 46.5 Å². The second kappa shape index (κ2) is 9.74. The van der Waals surface area contributed by atoms with Crippen LogP contribution in [0, 0.1) is 6.92 Å². The molecule has 0 spiro atoms. The molecule has 0 aliphatic rings. The lowest BCUT2D eigenvalue weighted by Gasteiger charge is -2.24. The summed E-state index contributed by atoms with van der Waals surface area (Å²) >= 11 is 0. The monoisotopic (exact) mass is 535 g/mol. The predicted molar refractivity (Wildman–Crippen MR) is 170 cm³/mol. The summed E-state index contributed by atoms with van der Waals surface area (Å²) in [5.74, 6) is 1.41. The minimum Gasteiger partial charge on any atom is -0.455 e. The summed E-state index contributed by atoms with van der Waals surface area (Å²) in [6.45, 7) is 11.1. The Hall–Kier alpha value is -4.70. The molecule has 0 saturated carbocycles. The van der Waals surface area contributed by atoms with Gasteiger partial charge in [0.2, 0.25) is 0 Å². The topological polar surface area (TPSA) is 43.9 Å². The number of pyridine rings is 1. The number of para-hydroxylation sites is 2. The molecule has 0 radical (unpaired) electrons. The highest BCUT2D eigenvalue weighted by Gasteiger charge is 2.26. The van der Waals surface area contributed by atoms with Gasteiger partial charge in [0.05, 0.1) is 11.3 Å². The maximum Gasteiger partial charge on any atom is 0.165 e. The fourth-order valence-electron chi connectivity index (χ4n) is 5.98. The van der Waals surface area contributed by atoms with E-state index in [2.05, 4.69) is 111 Å². The first kappa shape index (κ1) is 25.3. The van der Waals surface area contributed by atoms with Crippen LogP contribution in [-0.2, 0) is 0 Å². The van der Waals surface area contributed by atoms with Crippen LogP contribution in [0.25, 0.3) is 61.3 Å². The molecule has 202 valence electrons. The highest BCUT2D eigenvalue weighted by atomic mass is 16.3. The third-order valence-electron chi connectivity index (χ3n) is 8.03. The Morgan fingerprint density at radius 2 is 1.34 bits per heavy atom. The van der Waals surface area contributed by atoms with Gasteiger partial charge in [-0.05, 0) is 77.4 Å². The molecular formula is C37H33N3O. The van der Waals surface area contributed by atoms with Crippen molar-refractivity contribution < 1.29 is 4.42 Å². The SMILES string of the molecule is Cc1ccc2nc(-c3cccc4c3oc3ccccc34)n(-c3c(C(C)C)cc(-c4ccccc4)cc3C(C)C)c2n1. The van der Waals surface area contributed by atoms with E-state index in [1.54, 1.807) is 0 Å². The molecule has 41 heavy (non-hydrogen) atoms. The van der Waals surface area contributed by atoms with Gasteiger partial charge in [0.15, 0.2) is 11.5 Å². The average Bonchev–Trinajstić information content (AvgIpc) is 3.55. The van der Waals surface area contributed by atoms with Crippen molar-refractivity contribution >= 4 is 33.1 Å². The Balaban J connectivity index is 1.61. The first-order valence-corrected chi connectivity index (χ1v) is 14.4. The first-order chi connectivity index (χ1) is 19.9. The van der Waals surface area contributed by atoms with E-state index >= 15 is 0 Å². The van der Waals surface area contributed by atoms with Gasteiger partial charge in [-0.15, -0.1) is 0 Å². The third kappa shape index (κ3) is 4.13. The van der Waals surface area contributed by atoms with Gasteiger partial charge in [0.25, 0.3) is 0 Å². The number of aryl methyl sites for hydroxylation is 1. The average molecular weight is 536 g/mol. The number of imidazole rings is 1. The minimum absolute atomic E-state index is 0.281. The van der Waals surface area contributed by atoms with Crippen molar-refractivity contribution in [1.82, 2.24) is 14.5 Å². The molecule has 4 nitrogen and oxygen atoms in total. The lowest BCUT2D eigenvalue weighted by molar-refractivity contribution is 0.669. The molecular weight excluding hydrogens is 502 g/mol. The normalized spacial score (nSPS) is 12.0. The zero-order valence-electron chi connectivity index (χ0n) is 24.1. The van der Waals surface area contributed by atoms with Crippen LogP contribution < -0.4 is 0 Å². The van der Waals surface area contributed by atoms with Crippen LogP contribution in [-0.4, -0.2) is 14.5 Å². The van der Waals surface area contributed by atoms with Gasteiger partial charge in [-0.3, -0.25) is 4.57 Å². The Morgan fingerprint density at radius 1 is 0.659 bits per heavy atom. The predicted octanol–water partition coefficient (Wildman–Crippen LogP) is 10.2. The van der Waals surface area contributed by atoms with Gasteiger partial charge in [-0.25, -0.2) is 9.97 Å². The van der Waals surface area contributed by atoms with Crippen molar-refractivity contribution in [3.05, 3.63) is 114 Å². The quantitative estimate of drug-likeness (QED) is 0.220. The molecule has 3 aromatic heterocycles. The van der Waals surface area contributed by atoms with Crippen LogP contribution in [0.5, 0.6) is 0 Å². The molecule has 0 saturated heterocycles. The molecule has 0 bridgehead atoms. The summed E-state index contributed by atoms with van der Waals surface area (Å²) in [4.78, 5) is 10.3. The van der Waals surface area contributed by atoms with E-state index in [0.29, 0.717) is 0 Å². The van der Waals surface area contributed by atoms with Crippen LogP contribution in [0.2, 0.25) is 0 Å². The maximum absolute atomic E-state index is 6.51. The summed E-state index contributed by atoms with van der Waals surface area (Å²) in [6.07, 6.45) is 0. The van der Waals surface area contributed by atoms with Gasteiger partial charge >= 0.3 is 0 Å². The lowest BCUT2D eigenvalue weighted by atomic mass is 9.88. The van der Waals surface area contributed by atoms with Crippen LogP contribution in [0.15, 0.2) is 101 Å². The fraction of sp³-hybridized carbons (Fsp3) is 0.189. The Bertz CT molecular complexity index is 2030. The third-order valence-corrected chi connectivity index (χ3v) is 8.03. The summed E-state index contributed by atoms with van der Waals surface area (Å²) in [5, 5.41) is 2.20. The zero-order valence-corrected chi connectivity index (χ0v) is 24.1. The smallest absolute Gasteiger partial charge is 0.165 e. The first-order valence-electron chi connectivity index (χ1n) is 14.4. The minimum atomic E-state index is 0.281. The Morgan fingerprint density at radius 3 is 2.07 bits per heavy atom. The molecule has 3 heterocycles. The molecule has 7 aromatic rings. The van der Waals surface area contributed by atoms with Crippen molar-refractivity contribution in [3.8, 4) is 28.2 Å². The van der Waals surface area contributed by atoms with E-state index in [1.807, 2.05) is 25.1 Å². The molecule has 4 heteroatoms. The van der Waals surface area contributed by atoms with Gasteiger partial charge in [-0.2, -0.15) is 0 Å². The fourth-order valence-corrected chi connectivity index (χ4v) is 5.98. The standard InChI is InChI=1S/C37H33N3O/c1-22(2)30-20-26(25-12-7-6-8-13-25)21-31(23(3)4)34(30)40-36(39-32-19-18-24(5)38-37(32)40)29-16-11-15-28-27-14-9-10-17-33(27)41-35(28)29/h6-23H,1-5H3. The van der Waals surface area contributed by atoms with Crippen LogP contribution in [0.3, 0.4) is 0 Å². The largest absolute Gasteiger partial charge is 0.455 e. The molecule has 0 aliphatic heterocycles. The van der Waals surface area contributed by atoms with Gasteiger partial charge in [0.1, 0.15) is 16.7 Å². The van der Waals surface area contributed by atoms with E-state index in [4.69, 9.17) is 14.4 Å². The van der Waals surface area contributed by atoms with E-state index in [0.717, 1.165) is 50.2 Å². The maximum atomic E-state index is 6.51. The van der Waals surface area contributed by atoms with Crippen LogP contribution >= 0.6 is 0 Å². The van der Waals surface area contributed by atoms with Crippen molar-refractivity contribution in [2.75, 3.05) is 0 Å². The van der Waals surface area contributed by atoms with E-state index < -0.39 is 0 Å². The number of fused-ring (bicyclic) bond motifs is 4. The van der Waals surface area contributed by atoms with Crippen LogP contribution in [0.4, 0.5) is 0 Å². The second-order valence-electron chi connectivity index (χ2n) is 11.5. The molecule has 0 aliphatic carbocycles. The van der Waals surface area contributed by atoms with E-state index in [-0.39, 0.29) is 11.8 Å². The van der Waals surface area contributed by atoms with Crippen molar-refractivity contribution in [3.63, 3.8) is 0 Å². The van der Waals surface area contributed by atoms with Gasteiger partial charge in [-0.1, -0.05) is 88.4 Å². The Labute approximate surface area is 240 Å². The summed E-state index contributed by atoms with van der Waals surface area (Å²) < 4.78 is 8.80. The lowest BCUT2D eigenvalue weighted by Crippen LogP contribution is -2.10. The number of furan rings is 1. The van der Waals surface area contributed by atoms with Gasteiger partial charge < -0.3 is 4.42 Å². The van der Waals surface area contributed by atoms with Crippen LogP contribution in [0.1, 0.15) is 56.4 Å². The van der Waals surface area contributed by atoms with Crippen molar-refractivity contribution in [2.24, 2.45) is 0 Å². The molecule has 7 rings (SSSR count). The number of nitrogens with zero attached hydrogens (tertiary/aromatic N) is 3. The van der Waals surface area contributed by atoms with E-state index in [1.165, 1.54) is 27.9 Å². The summed E-state index contributed by atoms with van der Waals surface area (Å²) in [5.41, 5.74) is 11.6. The number of rotatable bonds is 5. The molecule has 0 fully saturated rings.